The second kappa shape index (κ2) is 8.95. The number of hydrogen-bond donors (Lipinski definition) is 4. The topological polar surface area (TPSA) is 151 Å². The SMILES string of the molecule is NC(=O)[C@H](C[C@@H]1CCNC1=O)NC(=O)[C@@H]1[C@@H]2[C@H](CN1C(=O)[C@@H](NC(=O)C(F)(F)F)C13CC(C1)C3)[C@@H]1C=C[C@H]2C1. The largest absolute Gasteiger partial charge is 0.471 e. The third-order valence-corrected chi connectivity index (χ3v) is 10.2. The maximum Gasteiger partial charge on any atom is 0.471 e. The van der Waals surface area contributed by atoms with E-state index in [0.717, 1.165) is 6.42 Å². The van der Waals surface area contributed by atoms with Crippen LogP contribution >= 0.6 is 0 Å². The Morgan fingerprint density at radius 3 is 2.38 bits per heavy atom. The van der Waals surface area contributed by atoms with Crippen LogP contribution in [0, 0.1) is 40.9 Å². The molecule has 0 spiro atoms. The second-order valence-corrected chi connectivity index (χ2v) is 12.3. The highest BCUT2D eigenvalue weighted by atomic mass is 19.4. The predicted octanol–water partition coefficient (Wildman–Crippen LogP) is -0.0210. The molecule has 4 bridgehead atoms. The van der Waals surface area contributed by atoms with Gasteiger partial charge in [0.2, 0.25) is 23.6 Å². The molecule has 5 aliphatic carbocycles. The Labute approximate surface area is 222 Å². The van der Waals surface area contributed by atoms with Crippen LogP contribution in [0.2, 0.25) is 0 Å². The maximum absolute atomic E-state index is 14.0. The van der Waals surface area contributed by atoms with Crippen molar-refractivity contribution in [2.24, 2.45) is 46.7 Å². The molecule has 7 rings (SSSR count). The molecule has 2 aliphatic heterocycles. The van der Waals surface area contributed by atoms with Crippen molar-refractivity contribution in [2.75, 3.05) is 13.1 Å². The average molecular weight is 552 g/mol. The number of alkyl halides is 3. The van der Waals surface area contributed by atoms with E-state index in [-0.39, 0.29) is 42.5 Å². The molecule has 0 aromatic carbocycles. The molecule has 5 amide bonds. The van der Waals surface area contributed by atoms with Gasteiger partial charge in [0.15, 0.2) is 0 Å². The van der Waals surface area contributed by atoms with Crippen LogP contribution in [0.1, 0.15) is 38.5 Å². The highest BCUT2D eigenvalue weighted by Crippen LogP contribution is 2.66. The van der Waals surface area contributed by atoms with Crippen LogP contribution in [0.3, 0.4) is 0 Å². The Bertz CT molecular complexity index is 1140. The van der Waals surface area contributed by atoms with Crippen molar-refractivity contribution in [1.29, 1.82) is 0 Å². The van der Waals surface area contributed by atoms with Gasteiger partial charge in [-0.25, -0.2) is 0 Å². The van der Waals surface area contributed by atoms with E-state index in [1.165, 1.54) is 4.90 Å². The molecule has 8 atom stereocenters. The number of allylic oxidation sites excluding steroid dienone is 2. The van der Waals surface area contributed by atoms with Gasteiger partial charge in [-0.15, -0.1) is 0 Å². The van der Waals surface area contributed by atoms with Gasteiger partial charge >= 0.3 is 12.1 Å². The zero-order valence-corrected chi connectivity index (χ0v) is 21.2. The molecule has 4 saturated carbocycles. The molecule has 2 saturated heterocycles. The van der Waals surface area contributed by atoms with Gasteiger partial charge < -0.3 is 26.6 Å². The van der Waals surface area contributed by atoms with Crippen LogP contribution in [0.4, 0.5) is 13.2 Å². The smallest absolute Gasteiger partial charge is 0.368 e. The molecule has 2 heterocycles. The van der Waals surface area contributed by atoms with E-state index in [1.54, 1.807) is 0 Å². The van der Waals surface area contributed by atoms with E-state index in [9.17, 15) is 37.1 Å². The number of hydrogen-bond acceptors (Lipinski definition) is 5. The van der Waals surface area contributed by atoms with Crippen LogP contribution in [-0.4, -0.2) is 71.8 Å². The highest BCUT2D eigenvalue weighted by molar-refractivity contribution is 5.96. The fourth-order valence-electron chi connectivity index (χ4n) is 8.19. The number of carbonyl (C=O) groups excluding carboxylic acids is 5. The molecular weight excluding hydrogens is 519 g/mol. The minimum atomic E-state index is -5.15. The van der Waals surface area contributed by atoms with E-state index < -0.39 is 59.3 Å². The Kier molecular flexibility index (Phi) is 6.00. The molecule has 7 aliphatic rings. The summed E-state index contributed by atoms with van der Waals surface area (Å²) in [4.78, 5) is 65.4. The molecular formula is C26H32F3N5O5. The monoisotopic (exact) mass is 551 g/mol. The molecule has 212 valence electrons. The number of nitrogens with one attached hydrogen (secondary N) is 3. The van der Waals surface area contributed by atoms with Crippen LogP contribution in [0.5, 0.6) is 0 Å². The fraction of sp³-hybridized carbons (Fsp3) is 0.731. The molecule has 0 radical (unpaired) electrons. The lowest BCUT2D eigenvalue weighted by Gasteiger charge is -2.65. The third kappa shape index (κ3) is 4.19. The molecule has 0 aromatic rings. The zero-order valence-electron chi connectivity index (χ0n) is 21.2. The summed E-state index contributed by atoms with van der Waals surface area (Å²) in [6.07, 6.45) is 1.92. The van der Waals surface area contributed by atoms with Crippen molar-refractivity contribution in [1.82, 2.24) is 20.9 Å². The quantitative estimate of drug-likeness (QED) is 0.313. The van der Waals surface area contributed by atoms with Crippen molar-refractivity contribution in [2.45, 2.75) is 62.8 Å². The number of fused-ring (bicyclic) bond motifs is 5. The van der Waals surface area contributed by atoms with Gasteiger partial charge in [-0.3, -0.25) is 24.0 Å². The lowest BCUT2D eigenvalue weighted by molar-refractivity contribution is -0.187. The number of carbonyl (C=O) groups is 5. The minimum absolute atomic E-state index is 0.0133. The summed E-state index contributed by atoms with van der Waals surface area (Å²) in [5.41, 5.74) is 4.84. The van der Waals surface area contributed by atoms with E-state index in [4.69, 9.17) is 5.73 Å². The molecule has 6 fully saturated rings. The van der Waals surface area contributed by atoms with E-state index in [0.29, 0.717) is 38.1 Å². The predicted molar refractivity (Wildman–Crippen MR) is 128 cm³/mol. The van der Waals surface area contributed by atoms with Crippen LogP contribution in [-0.2, 0) is 24.0 Å². The lowest BCUT2D eigenvalue weighted by Crippen LogP contribution is -2.70. The Balaban J connectivity index is 1.26. The first kappa shape index (κ1) is 26.1. The Morgan fingerprint density at radius 2 is 1.82 bits per heavy atom. The molecule has 5 N–H and O–H groups in total. The first-order chi connectivity index (χ1) is 18.4. The second-order valence-electron chi connectivity index (χ2n) is 12.3. The van der Waals surface area contributed by atoms with Gasteiger partial charge in [0.05, 0.1) is 0 Å². The van der Waals surface area contributed by atoms with Crippen LogP contribution < -0.4 is 21.7 Å². The van der Waals surface area contributed by atoms with Gasteiger partial charge in [0, 0.05) is 24.4 Å². The number of amides is 5. The first-order valence-corrected chi connectivity index (χ1v) is 13.6. The summed E-state index contributed by atoms with van der Waals surface area (Å²) in [7, 11) is 0. The van der Waals surface area contributed by atoms with E-state index in [2.05, 4.69) is 16.7 Å². The fourth-order valence-corrected chi connectivity index (χ4v) is 8.19. The molecule has 13 heteroatoms. The average Bonchev–Trinajstić information content (AvgIpc) is 3.57. The van der Waals surface area contributed by atoms with Gasteiger partial charge in [-0.05, 0) is 68.1 Å². The van der Waals surface area contributed by atoms with Crippen molar-refractivity contribution in [3.05, 3.63) is 12.2 Å². The number of halogens is 3. The van der Waals surface area contributed by atoms with Crippen molar-refractivity contribution in [3.8, 4) is 0 Å². The first-order valence-electron chi connectivity index (χ1n) is 13.6. The lowest BCUT2D eigenvalue weighted by atomic mass is 9.41. The summed E-state index contributed by atoms with van der Waals surface area (Å²) < 4.78 is 39.6. The highest BCUT2D eigenvalue weighted by Gasteiger charge is 2.66. The van der Waals surface area contributed by atoms with Gasteiger partial charge in [0.1, 0.15) is 18.1 Å². The summed E-state index contributed by atoms with van der Waals surface area (Å²) in [6.45, 7) is 0.637. The number of rotatable bonds is 8. The van der Waals surface area contributed by atoms with Crippen LogP contribution in [0.25, 0.3) is 0 Å². The minimum Gasteiger partial charge on any atom is -0.368 e. The van der Waals surface area contributed by atoms with Gasteiger partial charge in [-0.1, -0.05) is 12.2 Å². The Hall–Kier alpha value is -3.12. The summed E-state index contributed by atoms with van der Waals surface area (Å²) in [5.74, 6) is -4.84. The standard InChI is InChI=1S/C26H32F3N5O5/c27-26(28,29)24(39)33-19(25-7-11(8-25)9-25)23(38)34-10-15-12-1-2-13(5-12)17(15)18(34)22(37)32-16(20(30)35)6-14-3-4-31-21(14)36/h1-2,11-19H,3-10H2,(H2,30,35)(H,31,36)(H,32,37)(H,33,39)/t11?,12-,13+,14+,15-,16+,17+,18+,19-,25?/m1/s1. The third-order valence-electron chi connectivity index (χ3n) is 10.2. The van der Waals surface area contributed by atoms with Crippen molar-refractivity contribution >= 4 is 29.5 Å². The van der Waals surface area contributed by atoms with Crippen molar-refractivity contribution in [3.63, 3.8) is 0 Å². The molecule has 10 nitrogen and oxygen atoms in total. The number of nitrogens with two attached hydrogens (primary N) is 1. The molecule has 0 unspecified atom stereocenters. The van der Waals surface area contributed by atoms with E-state index >= 15 is 0 Å². The van der Waals surface area contributed by atoms with Crippen LogP contribution in [0.15, 0.2) is 12.2 Å². The number of primary amides is 1. The van der Waals surface area contributed by atoms with Gasteiger partial charge in [0.25, 0.3) is 0 Å². The normalized spacial score (nSPS) is 38.8. The maximum atomic E-state index is 14.0. The number of nitrogens with zero attached hydrogens (tertiary/aromatic N) is 1. The molecule has 39 heavy (non-hydrogen) atoms. The number of likely N-dealkylation sites (tertiary alicyclic amines) is 1. The Morgan fingerprint density at radius 1 is 1.13 bits per heavy atom. The summed E-state index contributed by atoms with van der Waals surface area (Å²) in [5, 5.41) is 7.31. The van der Waals surface area contributed by atoms with Gasteiger partial charge in [-0.2, -0.15) is 13.2 Å². The molecule has 0 aromatic heterocycles. The van der Waals surface area contributed by atoms with Crippen molar-refractivity contribution < 1.29 is 37.1 Å². The summed E-state index contributed by atoms with van der Waals surface area (Å²) in [6, 6.07) is -3.56. The van der Waals surface area contributed by atoms with E-state index in [1.807, 2.05) is 11.4 Å². The summed E-state index contributed by atoms with van der Waals surface area (Å²) >= 11 is 0. The zero-order chi connectivity index (χ0) is 27.9.